The predicted octanol–water partition coefficient (Wildman–Crippen LogP) is 1.87. The number of ether oxygens (including phenoxy) is 2. The van der Waals surface area contributed by atoms with E-state index in [1.165, 1.54) is 36.5 Å². The lowest BCUT2D eigenvalue weighted by Gasteiger charge is -2.33. The molecule has 1 saturated heterocycles. The van der Waals surface area contributed by atoms with Crippen molar-refractivity contribution >= 4 is 17.3 Å². The van der Waals surface area contributed by atoms with Crippen molar-refractivity contribution in [2.45, 2.75) is 18.8 Å². The highest BCUT2D eigenvalue weighted by atomic mass is 19.4. The van der Waals surface area contributed by atoms with Gasteiger partial charge in [0.15, 0.2) is 5.69 Å². The third kappa shape index (κ3) is 5.75. The molecule has 0 aliphatic carbocycles. The molecule has 192 valence electrons. The van der Waals surface area contributed by atoms with Crippen molar-refractivity contribution in [1.82, 2.24) is 25.3 Å². The van der Waals surface area contributed by atoms with Crippen LogP contribution in [0, 0.1) is 0 Å². The Kier molecular flexibility index (Phi) is 7.72. The number of amides is 2. The predicted molar refractivity (Wildman–Crippen MR) is 119 cm³/mol. The van der Waals surface area contributed by atoms with Crippen LogP contribution in [0.25, 0.3) is 5.52 Å². The molecule has 13 heteroatoms. The molecule has 0 saturated carbocycles. The van der Waals surface area contributed by atoms with Gasteiger partial charge >= 0.3 is 6.18 Å². The molecule has 36 heavy (non-hydrogen) atoms. The van der Waals surface area contributed by atoms with Crippen molar-refractivity contribution in [3.8, 4) is 5.75 Å². The van der Waals surface area contributed by atoms with Crippen molar-refractivity contribution in [2.24, 2.45) is 0 Å². The van der Waals surface area contributed by atoms with Crippen molar-refractivity contribution in [1.29, 1.82) is 0 Å². The first kappa shape index (κ1) is 25.4. The SMILES string of the molecule is O=C(NCC(C(=O)NO)N1CCOCC1)c1ccc(OCc2c(C(F)(F)F)nn3ccccc23)cc1. The molecule has 1 atom stereocenters. The quantitative estimate of drug-likeness (QED) is 0.315. The van der Waals surface area contributed by atoms with Crippen LogP contribution in [0.15, 0.2) is 48.7 Å². The number of halogens is 3. The van der Waals surface area contributed by atoms with Crippen LogP contribution in [0.2, 0.25) is 0 Å². The molecule has 3 aromatic rings. The van der Waals surface area contributed by atoms with Crippen LogP contribution in [-0.4, -0.2) is 70.4 Å². The number of hydrogen-bond donors (Lipinski definition) is 3. The number of hydroxylamine groups is 1. The number of pyridine rings is 1. The smallest absolute Gasteiger partial charge is 0.435 e. The van der Waals surface area contributed by atoms with Gasteiger partial charge < -0.3 is 14.8 Å². The minimum absolute atomic E-state index is 0.0432. The Balaban J connectivity index is 1.39. The molecule has 0 radical (unpaired) electrons. The van der Waals surface area contributed by atoms with Gasteiger partial charge in [0.2, 0.25) is 0 Å². The molecule has 4 rings (SSSR count). The van der Waals surface area contributed by atoms with Crippen LogP contribution in [0.4, 0.5) is 13.2 Å². The number of fused-ring (bicyclic) bond motifs is 1. The van der Waals surface area contributed by atoms with E-state index in [0.29, 0.717) is 26.3 Å². The third-order valence-corrected chi connectivity index (χ3v) is 5.77. The van der Waals surface area contributed by atoms with Gasteiger partial charge in [0, 0.05) is 37.0 Å². The summed E-state index contributed by atoms with van der Waals surface area (Å²) in [5.74, 6) is -0.847. The van der Waals surface area contributed by atoms with E-state index in [2.05, 4.69) is 10.4 Å². The molecule has 0 spiro atoms. The molecule has 2 aromatic heterocycles. The van der Waals surface area contributed by atoms with E-state index in [4.69, 9.17) is 14.7 Å². The first-order chi connectivity index (χ1) is 17.3. The zero-order chi connectivity index (χ0) is 25.7. The number of alkyl halides is 3. The maximum atomic E-state index is 13.5. The summed E-state index contributed by atoms with van der Waals surface area (Å²) in [5, 5.41) is 15.3. The lowest BCUT2D eigenvalue weighted by molar-refractivity contribution is -0.142. The molecule has 10 nitrogen and oxygen atoms in total. The van der Waals surface area contributed by atoms with E-state index in [9.17, 15) is 22.8 Å². The van der Waals surface area contributed by atoms with E-state index >= 15 is 0 Å². The summed E-state index contributed by atoms with van der Waals surface area (Å²) in [6.07, 6.45) is -3.21. The van der Waals surface area contributed by atoms with Gasteiger partial charge in [-0.1, -0.05) is 6.07 Å². The Labute approximate surface area is 203 Å². The highest BCUT2D eigenvalue weighted by molar-refractivity contribution is 5.94. The fourth-order valence-corrected chi connectivity index (χ4v) is 3.92. The number of carbonyl (C=O) groups excluding carboxylic acids is 2. The summed E-state index contributed by atoms with van der Waals surface area (Å²) >= 11 is 0. The van der Waals surface area contributed by atoms with Gasteiger partial charge in [-0.05, 0) is 36.4 Å². The average Bonchev–Trinajstić information content (AvgIpc) is 3.27. The number of benzene rings is 1. The number of nitrogens with zero attached hydrogens (tertiary/aromatic N) is 3. The number of morpholine rings is 1. The van der Waals surface area contributed by atoms with Crippen LogP contribution in [0.1, 0.15) is 21.6 Å². The number of carbonyl (C=O) groups is 2. The van der Waals surface area contributed by atoms with E-state index in [1.54, 1.807) is 22.5 Å². The van der Waals surface area contributed by atoms with Crippen molar-refractivity contribution in [3.05, 3.63) is 65.5 Å². The third-order valence-electron chi connectivity index (χ3n) is 5.77. The van der Waals surface area contributed by atoms with Crippen LogP contribution in [0.5, 0.6) is 5.75 Å². The van der Waals surface area contributed by atoms with E-state index in [-0.39, 0.29) is 35.5 Å². The first-order valence-electron chi connectivity index (χ1n) is 11.1. The highest BCUT2D eigenvalue weighted by Crippen LogP contribution is 2.33. The summed E-state index contributed by atoms with van der Waals surface area (Å²) in [6.45, 7) is 1.41. The standard InChI is InChI=1S/C23H24F3N5O5/c24-23(25,26)20-17(18-3-1-2-8-31(18)28-20)14-36-16-6-4-15(5-7-16)21(32)27-13-19(22(33)29-34)30-9-11-35-12-10-30/h1-8,19,34H,9-14H2,(H,27,32)(H,29,33). The lowest BCUT2D eigenvalue weighted by atomic mass is 10.1. The fourth-order valence-electron chi connectivity index (χ4n) is 3.92. The Morgan fingerprint density at radius 1 is 1.14 bits per heavy atom. The molecule has 1 unspecified atom stereocenters. The zero-order valence-electron chi connectivity index (χ0n) is 19.0. The molecule has 3 heterocycles. The number of nitrogens with one attached hydrogen (secondary N) is 2. The van der Waals surface area contributed by atoms with Gasteiger partial charge in [0.1, 0.15) is 18.4 Å². The Morgan fingerprint density at radius 3 is 2.53 bits per heavy atom. The lowest BCUT2D eigenvalue weighted by Crippen LogP contribution is -2.55. The fraction of sp³-hybridized carbons (Fsp3) is 0.348. The minimum Gasteiger partial charge on any atom is -0.489 e. The topological polar surface area (TPSA) is 117 Å². The van der Waals surface area contributed by atoms with Crippen LogP contribution >= 0.6 is 0 Å². The van der Waals surface area contributed by atoms with E-state index in [1.807, 2.05) is 0 Å². The minimum atomic E-state index is -4.64. The monoisotopic (exact) mass is 507 g/mol. The molecule has 3 N–H and O–H groups in total. The van der Waals surface area contributed by atoms with Gasteiger partial charge in [-0.25, -0.2) is 10.00 Å². The zero-order valence-corrected chi connectivity index (χ0v) is 19.0. The van der Waals surface area contributed by atoms with Gasteiger partial charge in [-0.3, -0.25) is 19.7 Å². The maximum Gasteiger partial charge on any atom is 0.435 e. The second-order valence-electron chi connectivity index (χ2n) is 8.02. The first-order valence-corrected chi connectivity index (χ1v) is 11.1. The number of rotatable bonds is 8. The number of aromatic nitrogens is 2. The highest BCUT2D eigenvalue weighted by Gasteiger charge is 2.38. The molecule has 1 aliphatic heterocycles. The molecule has 1 fully saturated rings. The van der Waals surface area contributed by atoms with Gasteiger partial charge in [0.05, 0.1) is 18.7 Å². The maximum absolute atomic E-state index is 13.5. The molecule has 1 aliphatic rings. The second-order valence-corrected chi connectivity index (χ2v) is 8.02. The molecular formula is C23H24F3N5O5. The Hall–Kier alpha value is -3.68. The van der Waals surface area contributed by atoms with Gasteiger partial charge in [0.25, 0.3) is 11.8 Å². The van der Waals surface area contributed by atoms with Gasteiger partial charge in [-0.15, -0.1) is 0 Å². The molecule has 2 amide bonds. The van der Waals surface area contributed by atoms with Crippen molar-refractivity contribution in [2.75, 3.05) is 32.8 Å². The Bertz CT molecular complexity index is 1210. The van der Waals surface area contributed by atoms with Crippen molar-refractivity contribution in [3.63, 3.8) is 0 Å². The summed E-state index contributed by atoms with van der Waals surface area (Å²) in [4.78, 5) is 26.4. The average molecular weight is 507 g/mol. The van der Waals surface area contributed by atoms with Crippen LogP contribution < -0.4 is 15.5 Å². The number of hydrogen-bond acceptors (Lipinski definition) is 7. The van der Waals surface area contributed by atoms with E-state index in [0.717, 1.165) is 4.52 Å². The second kappa shape index (κ2) is 10.9. The largest absolute Gasteiger partial charge is 0.489 e. The molecular weight excluding hydrogens is 483 g/mol. The van der Waals surface area contributed by atoms with Crippen molar-refractivity contribution < 1.29 is 37.4 Å². The summed E-state index contributed by atoms with van der Waals surface area (Å²) < 4.78 is 52.3. The molecule has 0 bridgehead atoms. The van der Waals surface area contributed by atoms with Gasteiger partial charge in [-0.2, -0.15) is 18.3 Å². The van der Waals surface area contributed by atoms with Crippen LogP contribution in [0.3, 0.4) is 0 Å². The molecule has 1 aromatic carbocycles. The normalized spacial score (nSPS) is 15.4. The summed E-state index contributed by atoms with van der Waals surface area (Å²) in [7, 11) is 0. The van der Waals surface area contributed by atoms with E-state index < -0.39 is 29.7 Å². The summed E-state index contributed by atoms with van der Waals surface area (Å²) in [5.41, 5.74) is 1.04. The summed E-state index contributed by atoms with van der Waals surface area (Å²) in [6, 6.07) is 9.79. The Morgan fingerprint density at radius 2 is 1.86 bits per heavy atom. The van der Waals surface area contributed by atoms with Crippen LogP contribution in [-0.2, 0) is 22.3 Å².